The minimum absolute atomic E-state index is 0.00309. The quantitative estimate of drug-likeness (QED) is 0.0537. The fraction of sp³-hybridized carbons (Fsp3) is 0.556. The summed E-state index contributed by atoms with van der Waals surface area (Å²) in [5.74, 6) is 0.674. The monoisotopic (exact) mass is 1550 g/mol. The van der Waals surface area contributed by atoms with Gasteiger partial charge in [-0.3, -0.25) is 0 Å². The molecule has 15 nitrogen and oxygen atoms in total. The molecule has 0 amide bonds. The average molecular weight is 1550 g/mol. The molecule has 1 N–H and O–H groups in total. The molecule has 1 unspecified atom stereocenters. The van der Waals surface area contributed by atoms with E-state index < -0.39 is 46.8 Å². The van der Waals surface area contributed by atoms with Gasteiger partial charge in [-0.05, 0) is 199 Å². The van der Waals surface area contributed by atoms with Gasteiger partial charge in [-0.25, -0.2) is 0 Å². The fourth-order valence-electron chi connectivity index (χ4n) is 21.9. The normalized spacial score (nSPS) is 37.9. The predicted octanol–water partition coefficient (Wildman–Crippen LogP) is 19.1. The summed E-state index contributed by atoms with van der Waals surface area (Å²) < 4.78 is 103. The second-order valence-corrected chi connectivity index (χ2v) is 36.9. The summed E-state index contributed by atoms with van der Waals surface area (Å²) in [7, 11) is 0. The van der Waals surface area contributed by atoms with E-state index in [2.05, 4.69) is 237 Å². The Bertz CT molecular complexity index is 4720. The Labute approximate surface area is 674 Å². The van der Waals surface area contributed by atoms with Crippen LogP contribution in [0.1, 0.15) is 174 Å². The highest BCUT2D eigenvalue weighted by Crippen LogP contribution is 2.55. The summed E-state index contributed by atoms with van der Waals surface area (Å²) in [4.78, 5) is 0. The molecule has 10 aliphatic heterocycles. The Hall–Kier alpha value is -6.32. The highest BCUT2D eigenvalue weighted by atomic mass is 16.7. The van der Waals surface area contributed by atoms with Crippen LogP contribution < -0.4 is 0 Å². The van der Waals surface area contributed by atoms with E-state index in [1.807, 2.05) is 6.92 Å². The first-order valence-electron chi connectivity index (χ1n) is 43.2. The molecule has 9 saturated heterocycles. The molecule has 606 valence electrons. The minimum atomic E-state index is -0.918. The van der Waals surface area contributed by atoms with E-state index in [9.17, 15) is 5.11 Å². The van der Waals surface area contributed by atoms with Gasteiger partial charge in [0, 0.05) is 51.0 Å². The first kappa shape index (κ1) is 78.8. The molecule has 0 saturated carbocycles. The van der Waals surface area contributed by atoms with E-state index in [1.165, 1.54) is 48.7 Å². The van der Waals surface area contributed by atoms with Gasteiger partial charge in [-0.15, -0.1) is 0 Å². The SMILES string of the molecule is C=C1C[C@@H]2O[C@H]3[C@H](C[C@@]2(C)O[C@H]1CC(C)O)O[C@@H]1C[C@@H]2O[C@@H]4CC[C@@H]5O[C@@H]6C[C@@H]7O[C@H](C[C@@H](C[C@@H]8C[C@@H](C)[C@@H]([C@@H](C)CCOCc9ccc%10ccccc%10c9)O8)OCc8ccc9ccccc9c8)[C@@H](OCc8ccc9ccccc9c8)CC[C@H]7O[C@@]6(C)C[C@@]5(C)O[C@H]4C/C=C\[C@@H](C)[C@H]2O[C@@]1(C)[C@@H]3OCc1ccc2ccccc2c1. The molecule has 0 aliphatic carbocycles. The van der Waals surface area contributed by atoms with Crippen molar-refractivity contribution in [2.45, 2.75) is 323 Å². The minimum Gasteiger partial charge on any atom is -0.393 e. The smallest absolute Gasteiger partial charge is 0.121 e. The maximum Gasteiger partial charge on any atom is 0.121 e. The van der Waals surface area contributed by atoms with E-state index >= 15 is 0 Å². The Morgan fingerprint density at radius 3 is 1.73 bits per heavy atom. The topological polar surface area (TPSA) is 149 Å². The molecule has 0 aromatic heterocycles. The molecule has 8 aromatic carbocycles. The van der Waals surface area contributed by atoms with Crippen LogP contribution in [0.4, 0.5) is 0 Å². The maximum absolute atomic E-state index is 10.6. The maximum atomic E-state index is 10.6. The highest BCUT2D eigenvalue weighted by Gasteiger charge is 2.66. The number of rotatable bonds is 21. The van der Waals surface area contributed by atoms with Crippen molar-refractivity contribution >= 4 is 43.1 Å². The second kappa shape index (κ2) is 33.1. The zero-order valence-corrected chi connectivity index (χ0v) is 68.1. The van der Waals surface area contributed by atoms with Crippen molar-refractivity contribution in [3.05, 3.63) is 216 Å². The molecular weight excluding hydrogens is 1430 g/mol. The Morgan fingerprint density at radius 2 is 1.08 bits per heavy atom. The van der Waals surface area contributed by atoms with Crippen molar-refractivity contribution in [3.63, 3.8) is 0 Å². The third-order valence-corrected chi connectivity index (χ3v) is 28.0. The molecule has 114 heavy (non-hydrogen) atoms. The molecule has 8 aromatic rings. The number of benzene rings is 8. The van der Waals surface area contributed by atoms with Gasteiger partial charge in [0.05, 0.1) is 153 Å². The lowest BCUT2D eigenvalue weighted by Crippen LogP contribution is -2.75. The summed E-state index contributed by atoms with van der Waals surface area (Å²) in [6.45, 7) is 24.6. The highest BCUT2D eigenvalue weighted by molar-refractivity contribution is 5.85. The van der Waals surface area contributed by atoms with Gasteiger partial charge in [0.25, 0.3) is 0 Å². The molecule has 27 atom stereocenters. The molecule has 9 fully saturated rings. The first-order chi connectivity index (χ1) is 55.2. The number of fused-ring (bicyclic) bond motifs is 12. The summed E-state index contributed by atoms with van der Waals surface area (Å²) in [5, 5.41) is 20.2. The zero-order chi connectivity index (χ0) is 78.0. The van der Waals surface area contributed by atoms with Crippen molar-refractivity contribution in [2.24, 2.45) is 17.8 Å². The molecule has 0 spiro atoms. The number of hydrogen-bond donors (Lipinski definition) is 1. The van der Waals surface area contributed by atoms with Crippen LogP contribution in [0.2, 0.25) is 0 Å². The van der Waals surface area contributed by atoms with Crippen LogP contribution in [0.25, 0.3) is 43.1 Å². The van der Waals surface area contributed by atoms with Crippen molar-refractivity contribution in [1.82, 2.24) is 0 Å². The second-order valence-electron chi connectivity index (χ2n) is 36.9. The average Bonchev–Trinajstić information content (AvgIpc) is 0.864. The Morgan fingerprint density at radius 1 is 0.491 bits per heavy atom. The van der Waals surface area contributed by atoms with Crippen LogP contribution in [0.15, 0.2) is 194 Å². The van der Waals surface area contributed by atoms with Gasteiger partial charge >= 0.3 is 0 Å². The summed E-state index contributed by atoms with van der Waals surface area (Å²) in [6, 6.07) is 60.6. The van der Waals surface area contributed by atoms with E-state index in [-0.39, 0.29) is 104 Å². The van der Waals surface area contributed by atoms with Gasteiger partial charge in [0.1, 0.15) is 17.8 Å². The van der Waals surface area contributed by atoms with Crippen LogP contribution in [0.5, 0.6) is 0 Å². The lowest BCUT2D eigenvalue weighted by atomic mass is 9.72. The zero-order valence-electron chi connectivity index (χ0n) is 68.1. The van der Waals surface area contributed by atoms with E-state index in [1.54, 1.807) is 0 Å². The largest absolute Gasteiger partial charge is 0.393 e. The summed E-state index contributed by atoms with van der Waals surface area (Å²) in [5.41, 5.74) is 2.50. The number of aliphatic hydroxyl groups excluding tert-OH is 1. The van der Waals surface area contributed by atoms with Gasteiger partial charge in [0.15, 0.2) is 0 Å². The summed E-state index contributed by atoms with van der Waals surface area (Å²) >= 11 is 0. The van der Waals surface area contributed by atoms with Crippen molar-refractivity contribution in [3.8, 4) is 0 Å². The number of hydrogen-bond acceptors (Lipinski definition) is 15. The summed E-state index contributed by atoms with van der Waals surface area (Å²) in [6.07, 6.45) is 9.45. The molecular formula is C99H120O15. The number of ether oxygens (including phenoxy) is 14. The van der Waals surface area contributed by atoms with Crippen LogP contribution in [-0.2, 0) is 92.7 Å². The molecule has 10 heterocycles. The van der Waals surface area contributed by atoms with E-state index in [4.69, 9.17) is 66.3 Å². The molecule has 10 aliphatic rings. The predicted molar refractivity (Wildman–Crippen MR) is 443 cm³/mol. The number of aliphatic hydroxyl groups is 1. The third-order valence-electron chi connectivity index (χ3n) is 28.0. The molecule has 0 bridgehead atoms. The van der Waals surface area contributed by atoms with Crippen LogP contribution in [-0.4, -0.2) is 156 Å². The Balaban J connectivity index is 0.579. The van der Waals surface area contributed by atoms with Crippen molar-refractivity contribution < 1.29 is 71.4 Å². The van der Waals surface area contributed by atoms with Gasteiger partial charge in [-0.2, -0.15) is 0 Å². The molecule has 18 rings (SSSR count). The third kappa shape index (κ3) is 16.5. The van der Waals surface area contributed by atoms with Crippen LogP contribution in [0.3, 0.4) is 0 Å². The standard InChI is InChI=1S/C99H120O15/c1-60-19-18-28-81-80(106-86-53-91-99(9,114-93(60)86)95(104-58-68-32-36-72-23-13-17-27-76(72)49-68)94-87(108-91)54-96(6)89(110-94)44-62(3)83(113-96)45-64(5)100)39-40-88-97(7,111-81)59-98(8)90(109-88)52-85-82(112-98)38-37-79(103-57-67-31-35-71-22-12-16-26-75(71)48-67)84(107-85)51-77(102-56-66-30-34-70-21-11-15-25-74(70)47-66)50-78-43-63(4)92(105-78)61(2)41-42-101-55-65-29-33-69-20-10-14-24-73(69)46-65/h10-27,29-36,46-49,60-61,63-64,77-95,100H,3,28,37-45,50-59H2,1-2,4-9H3/b19-18-/t60-,61+,63-,64?,77-,78+,79+,80-,81+,82-,83+,84-,85+,86+,87+,88+,89+,90-,91-,92-,93-,94+,95-,96-,97-,98+,99-/m1/s1. The van der Waals surface area contributed by atoms with Gasteiger partial charge in [0.2, 0.25) is 0 Å². The Kier molecular flexibility index (Phi) is 22.9. The molecule has 0 radical (unpaired) electrons. The first-order valence-corrected chi connectivity index (χ1v) is 43.2. The van der Waals surface area contributed by atoms with Gasteiger partial charge < -0.3 is 71.4 Å². The van der Waals surface area contributed by atoms with Crippen molar-refractivity contribution in [2.75, 3.05) is 6.61 Å². The van der Waals surface area contributed by atoms with E-state index in [0.29, 0.717) is 96.2 Å². The lowest BCUT2D eigenvalue weighted by molar-refractivity contribution is -0.376. The van der Waals surface area contributed by atoms with Gasteiger partial charge in [-0.1, -0.05) is 185 Å². The van der Waals surface area contributed by atoms with Crippen LogP contribution in [0, 0.1) is 17.8 Å². The van der Waals surface area contributed by atoms with Crippen LogP contribution >= 0.6 is 0 Å². The lowest BCUT2D eigenvalue weighted by Gasteiger charge is -2.62. The van der Waals surface area contributed by atoms with Crippen molar-refractivity contribution in [1.29, 1.82) is 0 Å². The van der Waals surface area contributed by atoms with E-state index in [0.717, 1.165) is 67.2 Å². The fourth-order valence-corrected chi connectivity index (χ4v) is 21.9. The molecule has 15 heteroatoms.